The number of benzene rings is 1. The number of allylic oxidation sites excluding steroid dienone is 2. The van der Waals surface area contributed by atoms with E-state index in [1.165, 1.54) is 19.1 Å². The molecule has 10 heteroatoms. The molecule has 10 atom stereocenters. The van der Waals surface area contributed by atoms with Crippen LogP contribution < -0.4 is 0 Å². The van der Waals surface area contributed by atoms with Gasteiger partial charge in [0.2, 0.25) is 6.79 Å². The topological polar surface area (TPSA) is 119 Å². The number of fused-ring (bicyclic) bond motifs is 5. The Morgan fingerprint density at radius 1 is 0.887 bits per heavy atom. The van der Waals surface area contributed by atoms with Crippen LogP contribution in [0.2, 0.25) is 0 Å². The molecule has 0 saturated heterocycles. The number of aliphatic hydroxyl groups is 2. The molecule has 1 aromatic carbocycles. The Bertz CT molecular complexity index is 1650. The second kappa shape index (κ2) is 14.9. The minimum absolute atomic E-state index is 0.0792. The van der Waals surface area contributed by atoms with E-state index in [1.54, 1.807) is 20.8 Å². The Morgan fingerprint density at radius 3 is 2.11 bits per heavy atom. The molecule has 4 aliphatic rings. The molecule has 2 N–H and O–H groups in total. The quantitative estimate of drug-likeness (QED) is 0.155. The summed E-state index contributed by atoms with van der Waals surface area (Å²) in [5.41, 5.74) is 0.677. The van der Waals surface area contributed by atoms with Gasteiger partial charge in [-0.3, -0.25) is 9.59 Å². The molecule has 1 aromatic rings. The van der Waals surface area contributed by atoms with Gasteiger partial charge < -0.3 is 24.4 Å². The minimum atomic E-state index is -0.825. The first kappa shape index (κ1) is 41.1. The number of esters is 3. The largest absolute Gasteiger partial charge is 0.458 e. The molecule has 1 unspecified atom stereocenters. The third-order valence-corrected chi connectivity index (χ3v) is 14.0. The lowest BCUT2D eigenvalue weighted by molar-refractivity contribution is -0.234. The number of hydrogen-bond donors (Lipinski definition) is 2. The van der Waals surface area contributed by atoms with Crippen LogP contribution >= 0.6 is 0 Å². The molecule has 0 spiro atoms. The molecule has 0 amide bonds. The third kappa shape index (κ3) is 7.48. The van der Waals surface area contributed by atoms with Crippen molar-refractivity contribution in [2.75, 3.05) is 6.79 Å². The molecule has 0 radical (unpaired) electrons. The second-order valence-corrected chi connectivity index (χ2v) is 18.4. The van der Waals surface area contributed by atoms with Crippen molar-refractivity contribution in [3.8, 4) is 0 Å². The van der Waals surface area contributed by atoms with E-state index in [1.807, 2.05) is 13.8 Å². The maximum Gasteiger partial charge on any atom is 0.336 e. The lowest BCUT2D eigenvalue weighted by atomic mass is 9.36. The number of aliphatic hydroxyl groups excluding tert-OH is 2. The van der Waals surface area contributed by atoms with Gasteiger partial charge in [0.05, 0.1) is 17.6 Å². The van der Waals surface area contributed by atoms with Crippen molar-refractivity contribution in [2.45, 2.75) is 139 Å². The van der Waals surface area contributed by atoms with Gasteiger partial charge in [0.1, 0.15) is 17.7 Å². The van der Waals surface area contributed by atoms with Crippen molar-refractivity contribution in [2.24, 2.45) is 45.3 Å². The highest BCUT2D eigenvalue weighted by Crippen LogP contribution is 2.74. The summed E-state index contributed by atoms with van der Waals surface area (Å²) < 4.78 is 45.9. The lowest BCUT2D eigenvalue weighted by Gasteiger charge is -2.69. The van der Waals surface area contributed by atoms with Gasteiger partial charge in [-0.1, -0.05) is 33.3 Å². The van der Waals surface area contributed by atoms with Crippen LogP contribution in [-0.4, -0.2) is 53.2 Å². The molecular weight excluding hydrogens is 682 g/mol. The van der Waals surface area contributed by atoms with E-state index >= 15 is 0 Å². The highest BCUT2D eigenvalue weighted by atomic mass is 19.1. The van der Waals surface area contributed by atoms with Crippen molar-refractivity contribution < 1.29 is 47.6 Å². The first-order chi connectivity index (χ1) is 24.5. The van der Waals surface area contributed by atoms with Gasteiger partial charge in [-0.05, 0) is 155 Å². The first-order valence-electron chi connectivity index (χ1n) is 19.3. The molecular formula is C43H60F2O8. The number of halogens is 2. The fraction of sp³-hybridized carbons (Fsp3) is 0.698. The molecule has 4 fully saturated rings. The van der Waals surface area contributed by atoms with E-state index < -0.39 is 64.8 Å². The van der Waals surface area contributed by atoms with Crippen LogP contribution in [0.25, 0.3) is 5.57 Å². The molecule has 0 heterocycles. The predicted molar refractivity (Wildman–Crippen MR) is 197 cm³/mol. The van der Waals surface area contributed by atoms with Gasteiger partial charge in [-0.25, -0.2) is 13.6 Å². The van der Waals surface area contributed by atoms with Crippen LogP contribution in [0.5, 0.6) is 0 Å². The van der Waals surface area contributed by atoms with E-state index in [-0.39, 0.29) is 53.6 Å². The highest BCUT2D eigenvalue weighted by molar-refractivity contribution is 5.90. The van der Waals surface area contributed by atoms with Crippen LogP contribution in [0.15, 0.2) is 34.9 Å². The van der Waals surface area contributed by atoms with Gasteiger partial charge in [0.25, 0.3) is 0 Å². The summed E-state index contributed by atoms with van der Waals surface area (Å²) >= 11 is 0. The normalized spacial score (nSPS) is 36.0. The summed E-state index contributed by atoms with van der Waals surface area (Å²) in [5, 5.41) is 23.2. The maximum atomic E-state index is 14.4. The van der Waals surface area contributed by atoms with Crippen molar-refractivity contribution >= 4 is 23.5 Å². The number of ether oxygens (including phenoxy) is 3. The molecule has 53 heavy (non-hydrogen) atoms. The zero-order valence-corrected chi connectivity index (χ0v) is 33.2. The standard InChI is InChI=1S/C43H60F2O8/c1-23(2)29(26-17-27(44)19-28(45)18-26)11-12-30(38(49)51-22-52-39(50)40(5,6)7)36-32-20-34(48)37-41(8)15-14-33(47)24(3)31(41)13-16-42(37,9)43(32,10)21-35(36)53-25(4)46/h17-19,24,31-35,37,47-48H,11-16,20-22H2,1-10H3/t24-,31?,32+,33+,34+,35-,37+,41-,42-,43-/m0/s1. The second-order valence-electron chi connectivity index (χ2n) is 18.4. The van der Waals surface area contributed by atoms with Crippen LogP contribution in [0, 0.1) is 57.0 Å². The van der Waals surface area contributed by atoms with Crippen LogP contribution in [0.1, 0.15) is 126 Å². The minimum Gasteiger partial charge on any atom is -0.458 e. The number of hydrogen-bond acceptors (Lipinski definition) is 8. The Morgan fingerprint density at radius 2 is 1.53 bits per heavy atom. The molecule has 0 aromatic heterocycles. The molecule has 4 saturated carbocycles. The van der Waals surface area contributed by atoms with Gasteiger partial charge in [0, 0.05) is 18.6 Å². The van der Waals surface area contributed by atoms with E-state index in [9.17, 15) is 33.4 Å². The molecule has 0 aliphatic heterocycles. The Balaban J connectivity index is 1.61. The maximum absolute atomic E-state index is 14.4. The SMILES string of the molecule is CC(=O)O[C@H]1C[C@@]2(C)[C@H](C[C@@H](O)[C@@H]3[C@@]4(C)CC[C@@H](O)[C@@H](C)C4CC[C@@]32C)C1=C(CCC(=C(C)C)c1cc(F)cc(F)c1)C(=O)OCOC(=O)C(C)(C)C. The summed E-state index contributed by atoms with van der Waals surface area (Å²) in [7, 11) is 0. The van der Waals surface area contributed by atoms with Gasteiger partial charge in [-0.15, -0.1) is 0 Å². The van der Waals surface area contributed by atoms with Gasteiger partial charge >= 0.3 is 17.9 Å². The van der Waals surface area contributed by atoms with Crippen molar-refractivity contribution in [1.82, 2.24) is 0 Å². The monoisotopic (exact) mass is 742 g/mol. The van der Waals surface area contributed by atoms with Gasteiger partial charge in [0.15, 0.2) is 0 Å². The zero-order chi connectivity index (χ0) is 39.4. The molecule has 4 aliphatic carbocycles. The molecule has 294 valence electrons. The number of carbonyl (C=O) groups is 3. The molecule has 0 bridgehead atoms. The summed E-state index contributed by atoms with van der Waals surface area (Å²) in [6, 6.07) is 3.33. The predicted octanol–water partition coefficient (Wildman–Crippen LogP) is 8.48. The summed E-state index contributed by atoms with van der Waals surface area (Å²) in [6.07, 6.45) is 2.33. The van der Waals surface area contributed by atoms with Crippen molar-refractivity contribution in [3.63, 3.8) is 0 Å². The first-order valence-corrected chi connectivity index (χ1v) is 19.3. The molecule has 8 nitrogen and oxygen atoms in total. The van der Waals surface area contributed by atoms with E-state index in [0.29, 0.717) is 36.0 Å². The highest BCUT2D eigenvalue weighted by Gasteiger charge is 2.71. The number of rotatable bonds is 8. The summed E-state index contributed by atoms with van der Waals surface area (Å²) in [5.74, 6) is -3.33. The van der Waals surface area contributed by atoms with Crippen molar-refractivity contribution in [3.05, 3.63) is 52.1 Å². The summed E-state index contributed by atoms with van der Waals surface area (Å²) in [4.78, 5) is 39.6. The average molecular weight is 743 g/mol. The third-order valence-electron chi connectivity index (χ3n) is 14.0. The van der Waals surface area contributed by atoms with Crippen LogP contribution in [-0.2, 0) is 28.6 Å². The Kier molecular flexibility index (Phi) is 11.5. The Hall–Kier alpha value is -3.11. The van der Waals surface area contributed by atoms with Gasteiger partial charge in [-0.2, -0.15) is 0 Å². The van der Waals surface area contributed by atoms with Crippen molar-refractivity contribution in [1.29, 1.82) is 0 Å². The van der Waals surface area contributed by atoms with Crippen LogP contribution in [0.4, 0.5) is 8.78 Å². The smallest absolute Gasteiger partial charge is 0.336 e. The fourth-order valence-corrected chi connectivity index (χ4v) is 11.4. The lowest BCUT2D eigenvalue weighted by Crippen LogP contribution is -2.65. The summed E-state index contributed by atoms with van der Waals surface area (Å²) in [6.45, 7) is 18.3. The fourth-order valence-electron chi connectivity index (χ4n) is 11.4. The van der Waals surface area contributed by atoms with E-state index in [2.05, 4.69) is 27.7 Å². The average Bonchev–Trinajstić information content (AvgIpc) is 3.30. The van der Waals surface area contributed by atoms with Crippen LogP contribution in [0.3, 0.4) is 0 Å². The number of carbonyl (C=O) groups excluding carboxylic acids is 3. The zero-order valence-electron chi connectivity index (χ0n) is 33.2. The molecule has 5 rings (SSSR count). The van der Waals surface area contributed by atoms with E-state index in [0.717, 1.165) is 30.9 Å². The van der Waals surface area contributed by atoms with E-state index in [4.69, 9.17) is 14.2 Å². The Labute approximate surface area is 313 Å².